The van der Waals surface area contributed by atoms with Crippen molar-refractivity contribution in [1.29, 1.82) is 0 Å². The molecule has 2 aliphatic rings. The molecule has 2 nitrogen and oxygen atoms in total. The molecule has 3 rings (SSSR count). The van der Waals surface area contributed by atoms with Crippen molar-refractivity contribution in [3.05, 3.63) is 29.3 Å². The molecule has 2 unspecified atom stereocenters. The van der Waals surface area contributed by atoms with Gasteiger partial charge in [0.05, 0.1) is 0 Å². The van der Waals surface area contributed by atoms with Crippen molar-refractivity contribution in [2.45, 2.75) is 64.0 Å². The van der Waals surface area contributed by atoms with Crippen molar-refractivity contribution in [2.75, 3.05) is 6.54 Å². The van der Waals surface area contributed by atoms with E-state index in [1.165, 1.54) is 49.7 Å². The van der Waals surface area contributed by atoms with Crippen LogP contribution < -0.4 is 10.1 Å². The number of rotatable bonds is 5. The van der Waals surface area contributed by atoms with Crippen LogP contribution in [-0.2, 0) is 12.8 Å². The first kappa shape index (κ1) is 13.0. The van der Waals surface area contributed by atoms with E-state index in [1.54, 1.807) is 0 Å². The SMILES string of the molecule is CCCNC1CCC(Oc2ccc3c(c2)CCC3)C1. The van der Waals surface area contributed by atoms with E-state index in [-0.39, 0.29) is 0 Å². The normalized spacial score (nSPS) is 25.5. The minimum Gasteiger partial charge on any atom is -0.490 e. The molecule has 0 spiro atoms. The molecule has 0 radical (unpaired) electrons. The number of aryl methyl sites for hydroxylation is 2. The van der Waals surface area contributed by atoms with Gasteiger partial charge >= 0.3 is 0 Å². The van der Waals surface area contributed by atoms with E-state index in [9.17, 15) is 0 Å². The summed E-state index contributed by atoms with van der Waals surface area (Å²) in [6, 6.07) is 7.37. The van der Waals surface area contributed by atoms with E-state index in [0.29, 0.717) is 12.1 Å². The van der Waals surface area contributed by atoms with Crippen LogP contribution in [0, 0.1) is 0 Å². The maximum Gasteiger partial charge on any atom is 0.120 e. The summed E-state index contributed by atoms with van der Waals surface area (Å²) >= 11 is 0. The Morgan fingerprint density at radius 3 is 3.00 bits per heavy atom. The van der Waals surface area contributed by atoms with Crippen molar-refractivity contribution in [2.24, 2.45) is 0 Å². The zero-order chi connectivity index (χ0) is 13.1. The lowest BCUT2D eigenvalue weighted by Gasteiger charge is -2.15. The molecule has 1 aromatic rings. The van der Waals surface area contributed by atoms with E-state index in [2.05, 4.69) is 30.4 Å². The molecule has 2 aliphatic carbocycles. The second-order valence-electron chi connectivity index (χ2n) is 5.99. The Morgan fingerprint density at radius 2 is 2.11 bits per heavy atom. The molecular weight excluding hydrogens is 234 g/mol. The highest BCUT2D eigenvalue weighted by Gasteiger charge is 2.25. The smallest absolute Gasteiger partial charge is 0.120 e. The van der Waals surface area contributed by atoms with Crippen molar-refractivity contribution in [3.8, 4) is 5.75 Å². The summed E-state index contributed by atoms with van der Waals surface area (Å²) in [6.07, 6.45) is 9.04. The summed E-state index contributed by atoms with van der Waals surface area (Å²) < 4.78 is 6.17. The highest BCUT2D eigenvalue weighted by molar-refractivity contribution is 5.38. The van der Waals surface area contributed by atoms with Gasteiger partial charge in [0.1, 0.15) is 11.9 Å². The van der Waals surface area contributed by atoms with E-state index in [1.807, 2.05) is 0 Å². The minimum atomic E-state index is 0.411. The van der Waals surface area contributed by atoms with Crippen LogP contribution in [0.1, 0.15) is 50.2 Å². The molecule has 1 aromatic carbocycles. The number of benzene rings is 1. The van der Waals surface area contributed by atoms with Crippen LogP contribution in [-0.4, -0.2) is 18.7 Å². The lowest BCUT2D eigenvalue weighted by Crippen LogP contribution is -2.28. The second kappa shape index (κ2) is 5.96. The molecule has 0 amide bonds. The number of fused-ring (bicyclic) bond motifs is 1. The maximum absolute atomic E-state index is 6.17. The summed E-state index contributed by atoms with van der Waals surface area (Å²) in [5.74, 6) is 1.08. The third-order valence-corrected chi connectivity index (χ3v) is 4.44. The predicted molar refractivity (Wildman–Crippen MR) is 78.8 cm³/mol. The lowest BCUT2D eigenvalue weighted by atomic mass is 10.1. The van der Waals surface area contributed by atoms with Gasteiger partial charge in [-0.1, -0.05) is 13.0 Å². The average molecular weight is 259 g/mol. The number of ether oxygens (including phenoxy) is 1. The van der Waals surface area contributed by atoms with Gasteiger partial charge in [-0.15, -0.1) is 0 Å². The molecule has 2 heteroatoms. The summed E-state index contributed by atoms with van der Waals surface area (Å²) in [5.41, 5.74) is 3.04. The first-order chi connectivity index (χ1) is 9.35. The number of nitrogens with one attached hydrogen (secondary N) is 1. The van der Waals surface area contributed by atoms with Gasteiger partial charge in [-0.05, 0) is 74.8 Å². The van der Waals surface area contributed by atoms with Crippen LogP contribution in [0.15, 0.2) is 18.2 Å². The van der Waals surface area contributed by atoms with Crippen LogP contribution in [0.5, 0.6) is 5.75 Å². The maximum atomic E-state index is 6.17. The largest absolute Gasteiger partial charge is 0.490 e. The van der Waals surface area contributed by atoms with Gasteiger partial charge in [-0.3, -0.25) is 0 Å². The molecule has 104 valence electrons. The van der Waals surface area contributed by atoms with Gasteiger partial charge in [0.2, 0.25) is 0 Å². The van der Waals surface area contributed by atoms with E-state index in [4.69, 9.17) is 4.74 Å². The van der Waals surface area contributed by atoms with Crippen LogP contribution in [0.3, 0.4) is 0 Å². The molecule has 0 bridgehead atoms. The Bertz CT molecular complexity index is 429. The Morgan fingerprint density at radius 1 is 1.21 bits per heavy atom. The summed E-state index contributed by atoms with van der Waals surface area (Å²) in [5, 5.41) is 3.61. The van der Waals surface area contributed by atoms with Crippen molar-refractivity contribution in [1.82, 2.24) is 5.32 Å². The Balaban J connectivity index is 1.54. The van der Waals surface area contributed by atoms with E-state index < -0.39 is 0 Å². The van der Waals surface area contributed by atoms with Gasteiger partial charge in [0.15, 0.2) is 0 Å². The Kier molecular flexibility index (Phi) is 4.07. The predicted octanol–water partition coefficient (Wildman–Crippen LogP) is 3.47. The Labute approximate surface area is 116 Å². The first-order valence-electron chi connectivity index (χ1n) is 7.87. The van der Waals surface area contributed by atoms with Gasteiger partial charge in [0.25, 0.3) is 0 Å². The van der Waals surface area contributed by atoms with Crippen LogP contribution in [0.2, 0.25) is 0 Å². The molecule has 1 saturated carbocycles. The monoisotopic (exact) mass is 259 g/mol. The summed E-state index contributed by atoms with van der Waals surface area (Å²) in [4.78, 5) is 0. The van der Waals surface area contributed by atoms with Crippen LogP contribution in [0.25, 0.3) is 0 Å². The standard InChI is InChI=1S/C17H25NO/c1-2-10-18-15-7-9-17(12-15)19-16-8-6-13-4-3-5-14(13)11-16/h6,8,11,15,17-18H,2-5,7,9-10,12H2,1H3. The fourth-order valence-corrected chi connectivity index (χ4v) is 3.39. The molecule has 19 heavy (non-hydrogen) atoms. The quantitative estimate of drug-likeness (QED) is 0.874. The zero-order valence-corrected chi connectivity index (χ0v) is 12.0. The molecule has 2 atom stereocenters. The summed E-state index contributed by atoms with van der Waals surface area (Å²) in [6.45, 7) is 3.36. The summed E-state index contributed by atoms with van der Waals surface area (Å²) in [7, 11) is 0. The minimum absolute atomic E-state index is 0.411. The third kappa shape index (κ3) is 3.11. The topological polar surface area (TPSA) is 21.3 Å². The molecule has 0 aliphatic heterocycles. The van der Waals surface area contributed by atoms with E-state index in [0.717, 1.165) is 18.7 Å². The molecule has 1 N–H and O–H groups in total. The fraction of sp³-hybridized carbons (Fsp3) is 0.647. The molecule has 0 saturated heterocycles. The lowest BCUT2D eigenvalue weighted by molar-refractivity contribution is 0.206. The molecular formula is C17H25NO. The molecule has 0 heterocycles. The van der Waals surface area contributed by atoms with Gasteiger partial charge < -0.3 is 10.1 Å². The zero-order valence-electron chi connectivity index (χ0n) is 12.0. The number of hydrogen-bond acceptors (Lipinski definition) is 2. The molecule has 1 fully saturated rings. The Hall–Kier alpha value is -1.02. The van der Waals surface area contributed by atoms with Gasteiger partial charge in [0, 0.05) is 6.04 Å². The van der Waals surface area contributed by atoms with Crippen molar-refractivity contribution < 1.29 is 4.74 Å². The first-order valence-corrected chi connectivity index (χ1v) is 7.87. The van der Waals surface area contributed by atoms with Gasteiger partial charge in [-0.2, -0.15) is 0 Å². The highest BCUT2D eigenvalue weighted by Crippen LogP contribution is 2.29. The third-order valence-electron chi connectivity index (χ3n) is 4.44. The van der Waals surface area contributed by atoms with Crippen molar-refractivity contribution >= 4 is 0 Å². The average Bonchev–Trinajstić information content (AvgIpc) is 3.05. The fourth-order valence-electron chi connectivity index (χ4n) is 3.39. The van der Waals surface area contributed by atoms with Gasteiger partial charge in [-0.25, -0.2) is 0 Å². The highest BCUT2D eigenvalue weighted by atomic mass is 16.5. The van der Waals surface area contributed by atoms with Crippen LogP contribution in [0.4, 0.5) is 0 Å². The number of hydrogen-bond donors (Lipinski definition) is 1. The van der Waals surface area contributed by atoms with E-state index >= 15 is 0 Å². The van der Waals surface area contributed by atoms with Crippen LogP contribution >= 0.6 is 0 Å². The van der Waals surface area contributed by atoms with Crippen molar-refractivity contribution in [3.63, 3.8) is 0 Å². The second-order valence-corrected chi connectivity index (χ2v) is 5.99. The molecule has 0 aromatic heterocycles.